The summed E-state index contributed by atoms with van der Waals surface area (Å²) in [6.07, 6.45) is 11.1. The molecule has 0 amide bonds. The lowest BCUT2D eigenvalue weighted by Crippen LogP contribution is -2.40. The normalized spacial score (nSPS) is 10.7. The fourth-order valence-corrected chi connectivity index (χ4v) is 2.54. The molecular formula is C19H19N8+3. The standard InChI is InChI=1S/C19H16N8/c20-14-1-7-25(8-2-14)17-13-18(26-9-3-15(21)4-10-26)24-19(23-17)27-11-5-16(22)6-12-27/h1-13,20-22H/p+3. The predicted octanol–water partition coefficient (Wildman–Crippen LogP) is 0.0533. The third-order valence-electron chi connectivity index (χ3n) is 4.01. The molecule has 132 valence electrons. The van der Waals surface area contributed by atoms with Crippen molar-refractivity contribution in [2.45, 2.75) is 0 Å². The second kappa shape index (κ2) is 6.68. The Labute approximate surface area is 155 Å². The van der Waals surface area contributed by atoms with E-state index in [1.807, 2.05) is 76.6 Å². The van der Waals surface area contributed by atoms with Crippen molar-refractivity contribution in [3.8, 4) is 17.6 Å². The topological polar surface area (TPSA) is 115 Å². The van der Waals surface area contributed by atoms with Gasteiger partial charge in [0.2, 0.25) is 0 Å². The smallest absolute Gasteiger partial charge is 0.399 e. The maximum atomic E-state index is 5.80. The molecule has 0 aromatic carbocycles. The Kier molecular flexibility index (Phi) is 4.06. The zero-order valence-corrected chi connectivity index (χ0v) is 14.5. The van der Waals surface area contributed by atoms with E-state index in [1.54, 1.807) is 16.7 Å². The van der Waals surface area contributed by atoms with Crippen molar-refractivity contribution in [3.05, 3.63) is 79.6 Å². The van der Waals surface area contributed by atoms with Crippen LogP contribution in [0.25, 0.3) is 17.6 Å². The van der Waals surface area contributed by atoms with Gasteiger partial charge in [-0.15, -0.1) is 0 Å². The van der Waals surface area contributed by atoms with E-state index < -0.39 is 0 Å². The van der Waals surface area contributed by atoms with E-state index in [0.29, 0.717) is 34.6 Å². The molecule has 0 aliphatic heterocycles. The highest BCUT2D eigenvalue weighted by Gasteiger charge is 2.22. The first kappa shape index (κ1) is 16.4. The second-order valence-corrected chi connectivity index (χ2v) is 6.00. The first-order chi connectivity index (χ1) is 13.1. The fraction of sp³-hybridized carbons (Fsp3) is 0. The molecule has 0 atom stereocenters. The van der Waals surface area contributed by atoms with Crippen molar-refractivity contribution < 1.29 is 13.7 Å². The Bertz CT molecular complexity index is 920. The number of aromatic nitrogens is 5. The van der Waals surface area contributed by atoms with Gasteiger partial charge in [0.05, 0.1) is 37.2 Å². The molecule has 0 unspecified atom stereocenters. The Hall–Kier alpha value is -4.07. The molecule has 0 bridgehead atoms. The van der Waals surface area contributed by atoms with Gasteiger partial charge in [0.1, 0.15) is 6.07 Å². The molecule has 4 aromatic rings. The lowest BCUT2D eigenvalue weighted by atomic mass is 10.4. The molecule has 0 spiro atoms. The van der Waals surface area contributed by atoms with Crippen LogP contribution in [0.1, 0.15) is 0 Å². The Morgan fingerprint density at radius 2 is 0.852 bits per heavy atom. The number of nitrogen functional groups attached to an aromatic ring is 3. The number of hydrogen-bond acceptors (Lipinski definition) is 5. The minimum Gasteiger partial charge on any atom is -0.399 e. The van der Waals surface area contributed by atoms with Crippen LogP contribution in [-0.2, 0) is 0 Å². The number of anilines is 3. The number of nitrogens with zero attached hydrogens (tertiary/aromatic N) is 5. The summed E-state index contributed by atoms with van der Waals surface area (Å²) < 4.78 is 5.56. The molecule has 0 saturated heterocycles. The van der Waals surface area contributed by atoms with E-state index in [0.717, 1.165) is 0 Å². The summed E-state index contributed by atoms with van der Waals surface area (Å²) in [5.74, 6) is 1.91. The molecule has 4 rings (SSSR count). The summed E-state index contributed by atoms with van der Waals surface area (Å²) in [4.78, 5) is 9.34. The zero-order chi connectivity index (χ0) is 18.8. The average molecular weight is 359 g/mol. The SMILES string of the molecule is Nc1cc[n+](-c2cc(-[n+]3ccc(N)cc3)nc(-[n+]3ccc(N)cc3)n2)cc1. The van der Waals surface area contributed by atoms with E-state index in [4.69, 9.17) is 17.2 Å². The van der Waals surface area contributed by atoms with Gasteiger partial charge < -0.3 is 17.2 Å². The predicted molar refractivity (Wildman–Crippen MR) is 99.9 cm³/mol. The molecule has 8 nitrogen and oxygen atoms in total. The molecule has 0 aliphatic rings. The third-order valence-corrected chi connectivity index (χ3v) is 4.01. The van der Waals surface area contributed by atoms with Crippen molar-refractivity contribution in [2.75, 3.05) is 17.2 Å². The largest absolute Gasteiger partial charge is 0.445 e. The summed E-state index contributed by atoms with van der Waals surface area (Å²) in [6, 6.07) is 12.7. The van der Waals surface area contributed by atoms with Crippen LogP contribution in [-0.4, -0.2) is 9.97 Å². The lowest BCUT2D eigenvalue weighted by molar-refractivity contribution is -0.623. The number of pyridine rings is 3. The van der Waals surface area contributed by atoms with Gasteiger partial charge in [0, 0.05) is 41.3 Å². The molecule has 0 aliphatic carbocycles. The minimum atomic E-state index is 0.510. The van der Waals surface area contributed by atoms with Crippen LogP contribution < -0.4 is 30.9 Å². The highest BCUT2D eigenvalue weighted by atomic mass is 15.2. The monoisotopic (exact) mass is 359 g/mol. The molecule has 4 aromatic heterocycles. The van der Waals surface area contributed by atoms with Crippen molar-refractivity contribution in [1.29, 1.82) is 0 Å². The van der Waals surface area contributed by atoms with Gasteiger partial charge in [-0.1, -0.05) is 0 Å². The van der Waals surface area contributed by atoms with Crippen molar-refractivity contribution in [1.82, 2.24) is 9.97 Å². The van der Waals surface area contributed by atoms with Gasteiger partial charge in [-0.25, -0.2) is 13.7 Å². The van der Waals surface area contributed by atoms with Gasteiger partial charge in [0.15, 0.2) is 0 Å². The number of nitrogens with two attached hydrogens (primary N) is 3. The van der Waals surface area contributed by atoms with Gasteiger partial charge in [-0.3, -0.25) is 0 Å². The van der Waals surface area contributed by atoms with Crippen LogP contribution in [0.5, 0.6) is 0 Å². The maximum absolute atomic E-state index is 5.80. The number of hydrogen-bond donors (Lipinski definition) is 3. The molecule has 0 radical (unpaired) electrons. The summed E-state index contributed by atoms with van der Waals surface area (Å²) >= 11 is 0. The van der Waals surface area contributed by atoms with Crippen molar-refractivity contribution in [2.24, 2.45) is 0 Å². The molecular weight excluding hydrogens is 340 g/mol. The van der Waals surface area contributed by atoms with Crippen LogP contribution in [0, 0.1) is 0 Å². The molecule has 27 heavy (non-hydrogen) atoms. The van der Waals surface area contributed by atoms with Gasteiger partial charge in [-0.05, 0) is 22.1 Å². The first-order valence-corrected chi connectivity index (χ1v) is 8.29. The molecule has 0 fully saturated rings. The van der Waals surface area contributed by atoms with Crippen molar-refractivity contribution >= 4 is 17.1 Å². The van der Waals surface area contributed by atoms with E-state index in [1.165, 1.54) is 0 Å². The van der Waals surface area contributed by atoms with E-state index in [-0.39, 0.29) is 0 Å². The third kappa shape index (κ3) is 3.49. The molecule has 6 N–H and O–H groups in total. The van der Waals surface area contributed by atoms with Crippen LogP contribution in [0.15, 0.2) is 79.6 Å². The lowest BCUT2D eigenvalue weighted by Gasteiger charge is -2.02. The van der Waals surface area contributed by atoms with E-state index >= 15 is 0 Å². The van der Waals surface area contributed by atoms with Crippen LogP contribution in [0.2, 0.25) is 0 Å². The second-order valence-electron chi connectivity index (χ2n) is 6.00. The van der Waals surface area contributed by atoms with Crippen LogP contribution >= 0.6 is 0 Å². The summed E-state index contributed by atoms with van der Waals surface area (Å²) in [6.45, 7) is 0. The van der Waals surface area contributed by atoms with Crippen molar-refractivity contribution in [3.63, 3.8) is 0 Å². The molecule has 0 saturated carbocycles. The summed E-state index contributed by atoms with van der Waals surface area (Å²) in [7, 11) is 0. The van der Waals surface area contributed by atoms with Gasteiger partial charge >= 0.3 is 17.6 Å². The minimum absolute atomic E-state index is 0.510. The Morgan fingerprint density at radius 3 is 1.22 bits per heavy atom. The Balaban J connectivity index is 1.89. The van der Waals surface area contributed by atoms with Crippen LogP contribution in [0.3, 0.4) is 0 Å². The molecule has 4 heterocycles. The Morgan fingerprint density at radius 1 is 0.519 bits per heavy atom. The number of rotatable bonds is 3. The first-order valence-electron chi connectivity index (χ1n) is 8.29. The van der Waals surface area contributed by atoms with Gasteiger partial charge in [0.25, 0.3) is 0 Å². The molecule has 8 heteroatoms. The van der Waals surface area contributed by atoms with E-state index in [2.05, 4.69) is 9.97 Å². The highest BCUT2D eigenvalue weighted by molar-refractivity contribution is 5.35. The average Bonchev–Trinajstić information content (AvgIpc) is 2.69. The summed E-state index contributed by atoms with van der Waals surface area (Å²) in [5, 5.41) is 0. The van der Waals surface area contributed by atoms with E-state index in [9.17, 15) is 0 Å². The summed E-state index contributed by atoms with van der Waals surface area (Å²) in [5.41, 5.74) is 19.4. The van der Waals surface area contributed by atoms with Crippen LogP contribution in [0.4, 0.5) is 17.1 Å². The highest BCUT2D eigenvalue weighted by Crippen LogP contribution is 2.05. The maximum Gasteiger partial charge on any atom is 0.445 e. The van der Waals surface area contributed by atoms with Gasteiger partial charge in [-0.2, -0.15) is 0 Å². The quantitative estimate of drug-likeness (QED) is 0.447. The fourth-order valence-electron chi connectivity index (χ4n) is 2.54. The zero-order valence-electron chi connectivity index (χ0n) is 14.5.